The monoisotopic (exact) mass is 477 g/mol. The van der Waals surface area contributed by atoms with E-state index in [9.17, 15) is 9.59 Å². The van der Waals surface area contributed by atoms with Crippen molar-refractivity contribution in [3.05, 3.63) is 63.6 Å². The molecular formula is C25H29Cl2NO4. The first-order chi connectivity index (χ1) is 15.1. The highest BCUT2D eigenvalue weighted by molar-refractivity contribution is 6.31. The van der Waals surface area contributed by atoms with E-state index in [0.717, 1.165) is 16.8 Å². The SMILES string of the molecule is CCOC(=O)CC[C@H]1O[C@H](c2ccccc2Cl)c2cc(Cl)ccc2N(CC(C)(C)C)C1=O. The lowest BCUT2D eigenvalue weighted by Gasteiger charge is -2.31. The van der Waals surface area contributed by atoms with Crippen molar-refractivity contribution in [3.8, 4) is 0 Å². The molecule has 0 N–H and O–H groups in total. The van der Waals surface area contributed by atoms with E-state index in [0.29, 0.717) is 23.2 Å². The van der Waals surface area contributed by atoms with E-state index in [1.807, 2.05) is 30.3 Å². The van der Waals surface area contributed by atoms with E-state index < -0.39 is 12.2 Å². The summed E-state index contributed by atoms with van der Waals surface area (Å²) in [6, 6.07) is 12.8. The van der Waals surface area contributed by atoms with Gasteiger partial charge in [0.05, 0.1) is 6.61 Å². The number of nitrogens with zero attached hydrogens (tertiary/aromatic N) is 1. The molecule has 172 valence electrons. The lowest BCUT2D eigenvalue weighted by atomic mass is 9.94. The average molecular weight is 478 g/mol. The van der Waals surface area contributed by atoms with Crippen molar-refractivity contribution in [2.45, 2.75) is 52.7 Å². The molecule has 0 spiro atoms. The Bertz CT molecular complexity index is 986. The van der Waals surface area contributed by atoms with Crippen molar-refractivity contribution in [1.82, 2.24) is 0 Å². The first-order valence-electron chi connectivity index (χ1n) is 10.8. The van der Waals surface area contributed by atoms with Crippen LogP contribution >= 0.6 is 23.2 Å². The minimum Gasteiger partial charge on any atom is -0.466 e. The van der Waals surface area contributed by atoms with Gasteiger partial charge in [-0.25, -0.2) is 0 Å². The molecule has 0 saturated heterocycles. The summed E-state index contributed by atoms with van der Waals surface area (Å²) < 4.78 is 11.5. The molecule has 5 nitrogen and oxygen atoms in total. The Kier molecular flexibility index (Phi) is 7.86. The zero-order chi connectivity index (χ0) is 23.5. The van der Waals surface area contributed by atoms with Gasteiger partial charge in [-0.1, -0.05) is 62.2 Å². The number of hydrogen-bond acceptors (Lipinski definition) is 4. The number of ether oxygens (including phenoxy) is 2. The van der Waals surface area contributed by atoms with Gasteiger partial charge in [-0.3, -0.25) is 9.59 Å². The maximum Gasteiger partial charge on any atom is 0.305 e. The molecule has 0 unspecified atom stereocenters. The second-order valence-electron chi connectivity index (χ2n) is 9.06. The lowest BCUT2D eigenvalue weighted by molar-refractivity contribution is -0.145. The first-order valence-corrected chi connectivity index (χ1v) is 11.5. The Morgan fingerprint density at radius 2 is 1.84 bits per heavy atom. The molecule has 1 heterocycles. The summed E-state index contributed by atoms with van der Waals surface area (Å²) in [5.74, 6) is -0.548. The molecule has 32 heavy (non-hydrogen) atoms. The summed E-state index contributed by atoms with van der Waals surface area (Å²) in [6.45, 7) is 8.74. The van der Waals surface area contributed by atoms with E-state index in [1.165, 1.54) is 0 Å². The van der Waals surface area contributed by atoms with Crippen molar-refractivity contribution in [2.75, 3.05) is 18.1 Å². The largest absolute Gasteiger partial charge is 0.466 e. The van der Waals surface area contributed by atoms with Crippen LogP contribution in [-0.2, 0) is 19.1 Å². The van der Waals surface area contributed by atoms with Gasteiger partial charge in [0.25, 0.3) is 5.91 Å². The molecule has 0 aromatic heterocycles. The Balaban J connectivity index is 2.11. The van der Waals surface area contributed by atoms with E-state index in [4.69, 9.17) is 32.7 Å². The maximum atomic E-state index is 13.7. The second kappa shape index (κ2) is 10.2. The van der Waals surface area contributed by atoms with Crippen LogP contribution < -0.4 is 4.90 Å². The van der Waals surface area contributed by atoms with Gasteiger partial charge in [0.2, 0.25) is 0 Å². The second-order valence-corrected chi connectivity index (χ2v) is 9.90. The van der Waals surface area contributed by atoms with Crippen LogP contribution in [0.2, 0.25) is 10.0 Å². The fourth-order valence-electron chi connectivity index (χ4n) is 3.81. The maximum absolute atomic E-state index is 13.7. The summed E-state index contributed by atoms with van der Waals surface area (Å²) in [5.41, 5.74) is 2.08. The molecule has 1 amide bonds. The third-order valence-electron chi connectivity index (χ3n) is 5.14. The Hall–Kier alpha value is -2.08. The van der Waals surface area contributed by atoms with E-state index in [-0.39, 0.29) is 30.1 Å². The van der Waals surface area contributed by atoms with Crippen molar-refractivity contribution < 1.29 is 19.1 Å². The summed E-state index contributed by atoms with van der Waals surface area (Å²) >= 11 is 12.9. The molecule has 0 aliphatic carbocycles. The van der Waals surface area contributed by atoms with Crippen LogP contribution in [0, 0.1) is 5.41 Å². The third kappa shape index (κ3) is 5.83. The molecule has 0 radical (unpaired) electrons. The molecule has 0 fully saturated rings. The minimum absolute atomic E-state index is 0.0833. The van der Waals surface area contributed by atoms with Crippen molar-refractivity contribution >= 4 is 40.8 Å². The van der Waals surface area contributed by atoms with Crippen LogP contribution in [0.15, 0.2) is 42.5 Å². The van der Waals surface area contributed by atoms with Gasteiger partial charge >= 0.3 is 5.97 Å². The summed E-state index contributed by atoms with van der Waals surface area (Å²) in [6.07, 6.45) is -1.16. The number of halogens is 2. The Morgan fingerprint density at radius 1 is 1.12 bits per heavy atom. The van der Waals surface area contributed by atoms with Crippen LogP contribution in [0.4, 0.5) is 5.69 Å². The van der Waals surface area contributed by atoms with Crippen molar-refractivity contribution in [1.29, 1.82) is 0 Å². The quantitative estimate of drug-likeness (QED) is 0.464. The van der Waals surface area contributed by atoms with E-state index >= 15 is 0 Å². The highest BCUT2D eigenvalue weighted by Crippen LogP contribution is 2.42. The van der Waals surface area contributed by atoms with Gasteiger partial charge < -0.3 is 14.4 Å². The minimum atomic E-state index is -0.839. The molecular weight excluding hydrogens is 449 g/mol. The fraction of sp³-hybridized carbons (Fsp3) is 0.440. The predicted octanol–water partition coefficient (Wildman–Crippen LogP) is 6.20. The molecule has 0 bridgehead atoms. The number of esters is 1. The third-order valence-corrected chi connectivity index (χ3v) is 5.72. The van der Waals surface area contributed by atoms with Gasteiger partial charge in [-0.15, -0.1) is 0 Å². The molecule has 3 rings (SSSR count). The number of carbonyl (C=O) groups excluding carboxylic acids is 2. The number of rotatable bonds is 6. The van der Waals surface area contributed by atoms with Crippen molar-refractivity contribution in [2.24, 2.45) is 5.41 Å². The van der Waals surface area contributed by atoms with Gasteiger partial charge in [0, 0.05) is 39.8 Å². The van der Waals surface area contributed by atoms with E-state index in [1.54, 1.807) is 24.0 Å². The van der Waals surface area contributed by atoms with Crippen LogP contribution in [0.25, 0.3) is 0 Å². The zero-order valence-electron chi connectivity index (χ0n) is 18.9. The first kappa shape index (κ1) is 24.6. The highest BCUT2D eigenvalue weighted by atomic mass is 35.5. The van der Waals surface area contributed by atoms with Crippen LogP contribution in [0.3, 0.4) is 0 Å². The number of anilines is 1. The fourth-order valence-corrected chi connectivity index (χ4v) is 4.22. The number of fused-ring (bicyclic) bond motifs is 1. The van der Waals surface area contributed by atoms with Crippen LogP contribution in [-0.4, -0.2) is 31.1 Å². The lowest BCUT2D eigenvalue weighted by Crippen LogP contribution is -2.43. The summed E-state index contributed by atoms with van der Waals surface area (Å²) in [7, 11) is 0. The van der Waals surface area contributed by atoms with Gasteiger partial charge in [0.15, 0.2) is 0 Å². The standard InChI is InChI=1S/C25H29Cl2NO4/c1-5-31-22(29)13-12-21-24(30)28(15-25(2,3)4)20-11-10-16(26)14-18(20)23(32-21)17-8-6-7-9-19(17)27/h6-11,14,21,23H,5,12-13,15H2,1-4H3/t21-,23-/m1/s1. The molecule has 1 aliphatic heterocycles. The number of hydrogen-bond donors (Lipinski definition) is 0. The highest BCUT2D eigenvalue weighted by Gasteiger charge is 2.38. The number of benzene rings is 2. The number of carbonyl (C=O) groups is 2. The van der Waals surface area contributed by atoms with Crippen LogP contribution in [0.1, 0.15) is 57.8 Å². The molecule has 0 saturated carbocycles. The predicted molar refractivity (Wildman–Crippen MR) is 127 cm³/mol. The van der Waals surface area contributed by atoms with Crippen molar-refractivity contribution in [3.63, 3.8) is 0 Å². The Labute approximate surface area is 199 Å². The number of amides is 1. The smallest absolute Gasteiger partial charge is 0.305 e. The normalized spacial score (nSPS) is 18.8. The topological polar surface area (TPSA) is 55.8 Å². The molecule has 2 atom stereocenters. The van der Waals surface area contributed by atoms with Gasteiger partial charge in [-0.05, 0) is 43.0 Å². The van der Waals surface area contributed by atoms with E-state index in [2.05, 4.69) is 20.8 Å². The molecule has 2 aromatic rings. The summed E-state index contributed by atoms with van der Waals surface area (Å²) in [4.78, 5) is 27.5. The zero-order valence-corrected chi connectivity index (χ0v) is 20.4. The Morgan fingerprint density at radius 3 is 2.50 bits per heavy atom. The average Bonchev–Trinajstić information content (AvgIpc) is 2.82. The molecule has 2 aromatic carbocycles. The summed E-state index contributed by atoms with van der Waals surface area (Å²) in [5, 5.41) is 1.07. The molecule has 7 heteroatoms. The van der Waals surface area contributed by atoms with Gasteiger partial charge in [0.1, 0.15) is 12.2 Å². The van der Waals surface area contributed by atoms with Crippen LogP contribution in [0.5, 0.6) is 0 Å². The molecule has 1 aliphatic rings. The van der Waals surface area contributed by atoms with Gasteiger partial charge in [-0.2, -0.15) is 0 Å².